The molecule has 1 aromatic rings. The zero-order valence-electron chi connectivity index (χ0n) is 10.1. The third kappa shape index (κ3) is 2.22. The predicted octanol–water partition coefficient (Wildman–Crippen LogP) is 2.61. The summed E-state index contributed by atoms with van der Waals surface area (Å²) in [6.07, 6.45) is 3.51. The summed E-state index contributed by atoms with van der Waals surface area (Å²) in [6, 6.07) is 8.69. The number of benzene rings is 1. The smallest absolute Gasteiger partial charge is 0.122 e. The number of nitrogens with two attached hydrogens (primary N) is 1. The van der Waals surface area contributed by atoms with E-state index in [0.29, 0.717) is 17.9 Å². The fourth-order valence-electron chi connectivity index (χ4n) is 2.72. The van der Waals surface area contributed by atoms with Crippen LogP contribution < -0.4 is 10.5 Å². The maximum Gasteiger partial charge on any atom is 0.122 e. The number of hydrogen-bond acceptors (Lipinski definition) is 2. The summed E-state index contributed by atoms with van der Waals surface area (Å²) in [7, 11) is 1.74. The Hall–Kier alpha value is -1.02. The second-order valence-corrected chi connectivity index (χ2v) is 4.88. The zero-order valence-corrected chi connectivity index (χ0v) is 10.1. The first-order chi connectivity index (χ1) is 7.72. The highest BCUT2D eigenvalue weighted by atomic mass is 16.5. The second-order valence-electron chi connectivity index (χ2n) is 4.88. The summed E-state index contributed by atoms with van der Waals surface area (Å²) in [5.41, 5.74) is 7.38. The van der Waals surface area contributed by atoms with Crippen LogP contribution in [0.5, 0.6) is 5.75 Å². The summed E-state index contributed by atoms with van der Waals surface area (Å²) in [5, 5.41) is 0. The first kappa shape index (κ1) is 11.5. The minimum absolute atomic E-state index is 0.389. The molecule has 0 saturated heterocycles. The molecule has 0 heterocycles. The van der Waals surface area contributed by atoms with Gasteiger partial charge in [0, 0.05) is 6.04 Å². The van der Waals surface area contributed by atoms with Crippen LogP contribution in [0.2, 0.25) is 0 Å². The molecule has 3 unspecified atom stereocenters. The molecule has 0 spiro atoms. The number of para-hydroxylation sites is 1. The SMILES string of the molecule is COc1ccccc1CC1CCC(N)C1C. The zero-order chi connectivity index (χ0) is 11.5. The van der Waals surface area contributed by atoms with Crippen LogP contribution >= 0.6 is 0 Å². The van der Waals surface area contributed by atoms with Crippen molar-refractivity contribution in [3.8, 4) is 5.75 Å². The van der Waals surface area contributed by atoms with Gasteiger partial charge in [0.2, 0.25) is 0 Å². The summed E-state index contributed by atoms with van der Waals surface area (Å²) in [6.45, 7) is 2.28. The predicted molar refractivity (Wildman–Crippen MR) is 66.6 cm³/mol. The molecule has 1 aliphatic carbocycles. The minimum Gasteiger partial charge on any atom is -0.496 e. The van der Waals surface area contributed by atoms with E-state index in [4.69, 9.17) is 10.5 Å². The van der Waals surface area contributed by atoms with Gasteiger partial charge >= 0.3 is 0 Å². The first-order valence-corrected chi connectivity index (χ1v) is 6.10. The molecule has 2 rings (SSSR count). The Balaban J connectivity index is 2.09. The van der Waals surface area contributed by atoms with E-state index in [1.165, 1.54) is 18.4 Å². The van der Waals surface area contributed by atoms with E-state index in [0.717, 1.165) is 12.2 Å². The molecule has 1 aromatic carbocycles. The molecule has 88 valence electrons. The number of hydrogen-bond donors (Lipinski definition) is 1. The summed E-state index contributed by atoms with van der Waals surface area (Å²) < 4.78 is 5.39. The number of methoxy groups -OCH3 is 1. The van der Waals surface area contributed by atoms with Crippen LogP contribution in [-0.4, -0.2) is 13.2 Å². The average molecular weight is 219 g/mol. The van der Waals surface area contributed by atoms with Gasteiger partial charge in [-0.3, -0.25) is 0 Å². The molecule has 3 atom stereocenters. The van der Waals surface area contributed by atoms with Crippen molar-refractivity contribution in [2.45, 2.75) is 32.2 Å². The Morgan fingerprint density at radius 1 is 1.31 bits per heavy atom. The second kappa shape index (κ2) is 4.88. The average Bonchev–Trinajstić information content (AvgIpc) is 2.62. The Labute approximate surface area is 97.8 Å². The third-order valence-electron chi connectivity index (χ3n) is 3.96. The van der Waals surface area contributed by atoms with Crippen molar-refractivity contribution in [3.63, 3.8) is 0 Å². The quantitative estimate of drug-likeness (QED) is 0.848. The first-order valence-electron chi connectivity index (χ1n) is 6.10. The van der Waals surface area contributed by atoms with E-state index in [-0.39, 0.29) is 0 Å². The summed E-state index contributed by atoms with van der Waals surface area (Å²) in [4.78, 5) is 0. The molecule has 2 N–H and O–H groups in total. The van der Waals surface area contributed by atoms with Crippen molar-refractivity contribution in [2.24, 2.45) is 17.6 Å². The fourth-order valence-corrected chi connectivity index (χ4v) is 2.72. The molecule has 0 amide bonds. The van der Waals surface area contributed by atoms with Gasteiger partial charge in [0.1, 0.15) is 5.75 Å². The van der Waals surface area contributed by atoms with Crippen LogP contribution in [0.15, 0.2) is 24.3 Å². The molecule has 2 heteroatoms. The molecule has 1 saturated carbocycles. The van der Waals surface area contributed by atoms with Crippen LogP contribution in [0.25, 0.3) is 0 Å². The monoisotopic (exact) mass is 219 g/mol. The topological polar surface area (TPSA) is 35.2 Å². The van der Waals surface area contributed by atoms with Gasteiger partial charge in [0.15, 0.2) is 0 Å². The van der Waals surface area contributed by atoms with Gasteiger partial charge in [0.25, 0.3) is 0 Å². The van der Waals surface area contributed by atoms with Crippen LogP contribution in [0.4, 0.5) is 0 Å². The minimum atomic E-state index is 0.389. The maximum atomic E-state index is 6.06. The lowest BCUT2D eigenvalue weighted by atomic mass is 9.89. The standard InChI is InChI=1S/C14H21NO/c1-10-11(7-8-13(10)15)9-12-5-3-4-6-14(12)16-2/h3-6,10-11,13H,7-9,15H2,1-2H3. The van der Waals surface area contributed by atoms with Crippen LogP contribution in [0.1, 0.15) is 25.3 Å². The van der Waals surface area contributed by atoms with Gasteiger partial charge in [-0.2, -0.15) is 0 Å². The van der Waals surface area contributed by atoms with E-state index in [2.05, 4.69) is 19.1 Å². The molecule has 0 aromatic heterocycles. The molecule has 2 nitrogen and oxygen atoms in total. The Morgan fingerprint density at radius 2 is 2.06 bits per heavy atom. The lowest BCUT2D eigenvalue weighted by Gasteiger charge is -2.19. The summed E-state index contributed by atoms with van der Waals surface area (Å²) >= 11 is 0. The van der Waals surface area contributed by atoms with Crippen molar-refractivity contribution in [1.82, 2.24) is 0 Å². The number of ether oxygens (including phenoxy) is 1. The normalized spacial score (nSPS) is 29.3. The van der Waals surface area contributed by atoms with Gasteiger partial charge in [-0.15, -0.1) is 0 Å². The Bertz CT molecular complexity index is 350. The van der Waals surface area contributed by atoms with Crippen molar-refractivity contribution in [3.05, 3.63) is 29.8 Å². The highest BCUT2D eigenvalue weighted by molar-refractivity contribution is 5.33. The van der Waals surface area contributed by atoms with Gasteiger partial charge in [-0.05, 0) is 42.7 Å². The summed E-state index contributed by atoms with van der Waals surface area (Å²) in [5.74, 6) is 2.35. The molecule has 0 aliphatic heterocycles. The molecular weight excluding hydrogens is 198 g/mol. The highest BCUT2D eigenvalue weighted by Crippen LogP contribution is 2.34. The van der Waals surface area contributed by atoms with E-state index in [1.807, 2.05) is 12.1 Å². The lowest BCUT2D eigenvalue weighted by molar-refractivity contribution is 0.373. The molecule has 1 fully saturated rings. The molecule has 1 aliphatic rings. The van der Waals surface area contributed by atoms with Gasteiger partial charge < -0.3 is 10.5 Å². The fraction of sp³-hybridized carbons (Fsp3) is 0.571. The van der Waals surface area contributed by atoms with E-state index in [9.17, 15) is 0 Å². The molecule has 16 heavy (non-hydrogen) atoms. The van der Waals surface area contributed by atoms with Crippen LogP contribution in [0.3, 0.4) is 0 Å². The maximum absolute atomic E-state index is 6.06. The molecule has 0 bridgehead atoms. The third-order valence-corrected chi connectivity index (χ3v) is 3.96. The van der Waals surface area contributed by atoms with Gasteiger partial charge in [0.05, 0.1) is 7.11 Å². The van der Waals surface area contributed by atoms with E-state index >= 15 is 0 Å². The van der Waals surface area contributed by atoms with Gasteiger partial charge in [-0.1, -0.05) is 25.1 Å². The highest BCUT2D eigenvalue weighted by Gasteiger charge is 2.30. The molecule has 0 radical (unpaired) electrons. The van der Waals surface area contributed by atoms with Crippen LogP contribution in [-0.2, 0) is 6.42 Å². The van der Waals surface area contributed by atoms with Crippen molar-refractivity contribution < 1.29 is 4.74 Å². The van der Waals surface area contributed by atoms with Crippen molar-refractivity contribution >= 4 is 0 Å². The van der Waals surface area contributed by atoms with Crippen LogP contribution in [0, 0.1) is 11.8 Å². The largest absolute Gasteiger partial charge is 0.496 e. The van der Waals surface area contributed by atoms with E-state index < -0.39 is 0 Å². The lowest BCUT2D eigenvalue weighted by Crippen LogP contribution is -2.25. The van der Waals surface area contributed by atoms with E-state index in [1.54, 1.807) is 7.11 Å². The van der Waals surface area contributed by atoms with Crippen molar-refractivity contribution in [1.29, 1.82) is 0 Å². The van der Waals surface area contributed by atoms with Crippen molar-refractivity contribution in [2.75, 3.05) is 7.11 Å². The Morgan fingerprint density at radius 3 is 2.69 bits per heavy atom. The molecular formula is C14H21NO. The van der Waals surface area contributed by atoms with Gasteiger partial charge in [-0.25, -0.2) is 0 Å². The Kier molecular flexibility index (Phi) is 3.49. The number of rotatable bonds is 3.